The highest BCUT2D eigenvalue weighted by molar-refractivity contribution is 6.02. The number of halogens is 1. The van der Waals surface area contributed by atoms with Crippen molar-refractivity contribution >= 4 is 35.9 Å². The Balaban J connectivity index is 0.00000408. The standard InChI is InChI=1S/C26H32N2O5.ClH/c1-3-32-25(30)20-10-8-19(9-11-20)14-15-27-24(29)22-18-21(26(31)33-4-2)12-13-23(22)28-16-6-5-7-17-28;/h8-13,18H,3-7,14-17H2,1-2H3,(H,27,29);1H. The van der Waals surface area contributed by atoms with Gasteiger partial charge in [0.25, 0.3) is 5.91 Å². The molecule has 1 saturated heterocycles. The molecule has 0 aliphatic carbocycles. The Hall–Kier alpha value is -3.06. The quantitative estimate of drug-likeness (QED) is 0.526. The number of hydrogen-bond acceptors (Lipinski definition) is 6. The summed E-state index contributed by atoms with van der Waals surface area (Å²) < 4.78 is 10.1. The molecule has 1 fully saturated rings. The second-order valence-corrected chi connectivity index (χ2v) is 7.92. The van der Waals surface area contributed by atoms with Crippen molar-refractivity contribution in [3.05, 3.63) is 64.7 Å². The topological polar surface area (TPSA) is 84.9 Å². The average molecular weight is 489 g/mol. The fourth-order valence-electron chi connectivity index (χ4n) is 3.91. The zero-order chi connectivity index (χ0) is 23.6. The van der Waals surface area contributed by atoms with Gasteiger partial charge in [0.15, 0.2) is 0 Å². The summed E-state index contributed by atoms with van der Waals surface area (Å²) in [5.41, 5.74) is 3.21. The molecule has 0 radical (unpaired) electrons. The molecule has 3 rings (SSSR count). The van der Waals surface area contributed by atoms with Crippen molar-refractivity contribution in [2.45, 2.75) is 39.5 Å². The van der Waals surface area contributed by atoms with Crippen LogP contribution in [0.5, 0.6) is 0 Å². The zero-order valence-corrected chi connectivity index (χ0v) is 20.6. The number of nitrogens with zero attached hydrogens (tertiary/aromatic N) is 1. The summed E-state index contributed by atoms with van der Waals surface area (Å²) in [4.78, 5) is 39.3. The molecule has 0 bridgehead atoms. The number of esters is 2. The lowest BCUT2D eigenvalue weighted by molar-refractivity contribution is 0.0516. The smallest absolute Gasteiger partial charge is 0.338 e. The van der Waals surface area contributed by atoms with Crippen LogP contribution in [0, 0.1) is 0 Å². The Morgan fingerprint density at radius 3 is 2.06 bits per heavy atom. The SMILES string of the molecule is CCOC(=O)c1ccc(CCNC(=O)c2cc(C(=O)OCC)ccc2N2CCCCC2)cc1.Cl. The highest BCUT2D eigenvalue weighted by atomic mass is 35.5. The number of carbonyl (C=O) groups is 3. The largest absolute Gasteiger partial charge is 0.462 e. The first kappa shape index (κ1) is 27.2. The van der Waals surface area contributed by atoms with Crippen LogP contribution in [0.25, 0.3) is 0 Å². The lowest BCUT2D eigenvalue weighted by Gasteiger charge is -2.30. The zero-order valence-electron chi connectivity index (χ0n) is 19.8. The fourth-order valence-corrected chi connectivity index (χ4v) is 3.91. The number of nitrogens with one attached hydrogen (secondary N) is 1. The van der Waals surface area contributed by atoms with E-state index in [4.69, 9.17) is 9.47 Å². The van der Waals surface area contributed by atoms with E-state index in [0.29, 0.717) is 36.3 Å². The molecule has 1 aliphatic rings. The predicted molar refractivity (Wildman–Crippen MR) is 134 cm³/mol. The lowest BCUT2D eigenvalue weighted by atomic mass is 10.0. The van der Waals surface area contributed by atoms with E-state index < -0.39 is 5.97 Å². The van der Waals surface area contributed by atoms with Gasteiger partial charge in [0, 0.05) is 25.3 Å². The predicted octanol–water partition coefficient (Wildman–Crippen LogP) is 4.42. The second-order valence-electron chi connectivity index (χ2n) is 7.92. The number of anilines is 1. The van der Waals surface area contributed by atoms with Crippen LogP contribution in [0.1, 0.15) is 69.7 Å². The van der Waals surface area contributed by atoms with E-state index in [1.54, 1.807) is 38.1 Å². The van der Waals surface area contributed by atoms with Crippen molar-refractivity contribution in [1.82, 2.24) is 5.32 Å². The summed E-state index contributed by atoms with van der Waals surface area (Å²) in [5.74, 6) is -0.993. The van der Waals surface area contributed by atoms with Crippen molar-refractivity contribution in [2.75, 3.05) is 37.7 Å². The number of carbonyl (C=O) groups excluding carboxylic acids is 3. The van der Waals surface area contributed by atoms with Crippen molar-refractivity contribution in [1.29, 1.82) is 0 Å². The van der Waals surface area contributed by atoms with E-state index in [1.165, 1.54) is 6.42 Å². The summed E-state index contributed by atoms with van der Waals surface area (Å²) in [7, 11) is 0. The maximum atomic E-state index is 13.1. The molecule has 0 saturated carbocycles. The Morgan fingerprint density at radius 2 is 1.44 bits per heavy atom. The number of rotatable bonds is 9. The van der Waals surface area contributed by atoms with Crippen LogP contribution >= 0.6 is 12.4 Å². The maximum Gasteiger partial charge on any atom is 0.338 e. The Morgan fingerprint density at radius 1 is 0.853 bits per heavy atom. The number of benzene rings is 2. The molecule has 7 nitrogen and oxygen atoms in total. The normalized spacial score (nSPS) is 12.9. The number of hydrogen-bond donors (Lipinski definition) is 1. The highest BCUT2D eigenvalue weighted by Crippen LogP contribution is 2.26. The molecule has 8 heteroatoms. The Labute approximate surface area is 207 Å². The molecule has 0 unspecified atom stereocenters. The fraction of sp³-hybridized carbons (Fsp3) is 0.423. The molecule has 0 atom stereocenters. The minimum Gasteiger partial charge on any atom is -0.462 e. The molecule has 2 aromatic rings. The van der Waals surface area contributed by atoms with E-state index in [9.17, 15) is 14.4 Å². The van der Waals surface area contributed by atoms with Crippen molar-refractivity contribution in [3.63, 3.8) is 0 Å². The van der Waals surface area contributed by atoms with Gasteiger partial charge in [-0.25, -0.2) is 9.59 Å². The molecule has 1 aliphatic heterocycles. The van der Waals surface area contributed by atoms with E-state index in [-0.39, 0.29) is 30.9 Å². The third-order valence-electron chi connectivity index (χ3n) is 5.61. The summed E-state index contributed by atoms with van der Waals surface area (Å²) in [6.45, 7) is 6.37. The van der Waals surface area contributed by atoms with Crippen LogP contribution in [-0.2, 0) is 15.9 Å². The van der Waals surface area contributed by atoms with Gasteiger partial charge in [-0.2, -0.15) is 0 Å². The maximum absolute atomic E-state index is 13.1. The first-order chi connectivity index (χ1) is 16.0. The summed E-state index contributed by atoms with van der Waals surface area (Å²) in [6, 6.07) is 12.4. The van der Waals surface area contributed by atoms with Crippen LogP contribution in [0.15, 0.2) is 42.5 Å². The van der Waals surface area contributed by atoms with Crippen LogP contribution in [0.2, 0.25) is 0 Å². The lowest BCUT2D eigenvalue weighted by Crippen LogP contribution is -2.33. The molecule has 184 valence electrons. The molecule has 1 N–H and O–H groups in total. The van der Waals surface area contributed by atoms with E-state index in [0.717, 1.165) is 37.2 Å². The molecule has 1 heterocycles. The van der Waals surface area contributed by atoms with Gasteiger partial charge in [-0.15, -0.1) is 12.4 Å². The molecule has 2 aromatic carbocycles. The molecule has 34 heavy (non-hydrogen) atoms. The summed E-state index contributed by atoms with van der Waals surface area (Å²) in [6.07, 6.45) is 3.98. The number of amides is 1. The van der Waals surface area contributed by atoms with Crippen LogP contribution in [0.4, 0.5) is 5.69 Å². The van der Waals surface area contributed by atoms with Crippen molar-refractivity contribution < 1.29 is 23.9 Å². The molecular weight excluding hydrogens is 456 g/mol. The van der Waals surface area contributed by atoms with Crippen molar-refractivity contribution in [3.8, 4) is 0 Å². The highest BCUT2D eigenvalue weighted by Gasteiger charge is 2.21. The van der Waals surface area contributed by atoms with Gasteiger partial charge in [0.1, 0.15) is 0 Å². The van der Waals surface area contributed by atoms with Gasteiger partial charge in [-0.1, -0.05) is 12.1 Å². The third kappa shape index (κ3) is 7.22. The molecule has 0 aromatic heterocycles. The number of piperidine rings is 1. The Bertz CT molecular complexity index is 972. The van der Waals surface area contributed by atoms with Gasteiger partial charge in [0.2, 0.25) is 0 Å². The average Bonchev–Trinajstić information content (AvgIpc) is 2.85. The molecule has 1 amide bonds. The van der Waals surface area contributed by atoms with Crippen LogP contribution in [-0.4, -0.2) is 50.7 Å². The van der Waals surface area contributed by atoms with Gasteiger partial charge in [-0.3, -0.25) is 4.79 Å². The van der Waals surface area contributed by atoms with Crippen molar-refractivity contribution in [2.24, 2.45) is 0 Å². The van der Waals surface area contributed by atoms with E-state index >= 15 is 0 Å². The monoisotopic (exact) mass is 488 g/mol. The van der Waals surface area contributed by atoms with Crippen LogP contribution in [0.3, 0.4) is 0 Å². The second kappa shape index (κ2) is 13.6. The van der Waals surface area contributed by atoms with Gasteiger partial charge < -0.3 is 19.7 Å². The summed E-state index contributed by atoms with van der Waals surface area (Å²) >= 11 is 0. The minimum atomic E-state index is -0.432. The first-order valence-electron chi connectivity index (χ1n) is 11.6. The number of ether oxygens (including phenoxy) is 2. The van der Waals surface area contributed by atoms with E-state index in [1.807, 2.05) is 18.2 Å². The van der Waals surface area contributed by atoms with E-state index in [2.05, 4.69) is 10.2 Å². The summed E-state index contributed by atoms with van der Waals surface area (Å²) in [5, 5.41) is 2.97. The molecular formula is C26H33ClN2O5. The third-order valence-corrected chi connectivity index (χ3v) is 5.61. The van der Waals surface area contributed by atoms with Gasteiger partial charge in [0.05, 0.1) is 29.9 Å². The molecule has 0 spiro atoms. The van der Waals surface area contributed by atoms with Crippen LogP contribution < -0.4 is 10.2 Å². The Kier molecular flexibility index (Phi) is 10.9. The first-order valence-corrected chi connectivity index (χ1v) is 11.6. The van der Waals surface area contributed by atoms with Gasteiger partial charge >= 0.3 is 11.9 Å². The minimum absolute atomic E-state index is 0. The van der Waals surface area contributed by atoms with Gasteiger partial charge in [-0.05, 0) is 75.4 Å².